The van der Waals surface area contributed by atoms with Crippen LogP contribution >= 0.6 is 23.2 Å². The first-order chi connectivity index (χ1) is 10.5. The molecule has 0 spiro atoms. The van der Waals surface area contributed by atoms with Crippen LogP contribution in [-0.2, 0) is 0 Å². The minimum atomic E-state index is -0.574. The van der Waals surface area contributed by atoms with Crippen molar-refractivity contribution in [1.82, 2.24) is 0 Å². The number of rotatable bonds is 2. The van der Waals surface area contributed by atoms with Gasteiger partial charge in [-0.2, -0.15) is 0 Å². The van der Waals surface area contributed by atoms with Gasteiger partial charge in [-0.15, -0.1) is 0 Å². The Balaban J connectivity index is 1.99. The summed E-state index contributed by atoms with van der Waals surface area (Å²) in [6, 6.07) is 8.99. The predicted octanol–water partition coefficient (Wildman–Crippen LogP) is 5.44. The fourth-order valence-electron chi connectivity index (χ4n) is 2.18. The molecular weight excluding hydrogens is 328 g/mol. The quantitative estimate of drug-likeness (QED) is 0.676. The number of anilines is 1. The van der Waals surface area contributed by atoms with Gasteiger partial charge in [0.25, 0.3) is 5.91 Å². The summed E-state index contributed by atoms with van der Waals surface area (Å²) in [6.07, 6.45) is 0. The molecule has 0 fully saturated rings. The summed E-state index contributed by atoms with van der Waals surface area (Å²) in [5.41, 5.74) is 1.17. The average molecular weight is 338 g/mol. The molecule has 0 aliphatic rings. The summed E-state index contributed by atoms with van der Waals surface area (Å²) in [7, 11) is 0. The van der Waals surface area contributed by atoms with Crippen molar-refractivity contribution in [1.29, 1.82) is 0 Å². The monoisotopic (exact) mass is 337 g/mol. The lowest BCUT2D eigenvalue weighted by Crippen LogP contribution is -2.13. The zero-order valence-electron chi connectivity index (χ0n) is 11.4. The highest BCUT2D eigenvalue weighted by molar-refractivity contribution is 6.31. The highest BCUT2D eigenvalue weighted by Crippen LogP contribution is 2.29. The number of benzene rings is 2. The highest BCUT2D eigenvalue weighted by Gasteiger charge is 2.19. The second kappa shape index (κ2) is 5.63. The molecule has 22 heavy (non-hydrogen) atoms. The largest absolute Gasteiger partial charge is 0.451 e. The van der Waals surface area contributed by atoms with Crippen molar-refractivity contribution in [3.05, 3.63) is 63.6 Å². The maximum Gasteiger partial charge on any atom is 0.291 e. The molecule has 3 rings (SSSR count). The van der Waals surface area contributed by atoms with Gasteiger partial charge in [0.2, 0.25) is 0 Å². The number of hydrogen-bond donors (Lipinski definition) is 1. The molecule has 0 bridgehead atoms. The summed E-state index contributed by atoms with van der Waals surface area (Å²) in [6.45, 7) is 1.74. The molecule has 0 aliphatic heterocycles. The first-order valence-corrected chi connectivity index (χ1v) is 7.16. The predicted molar refractivity (Wildman–Crippen MR) is 85.3 cm³/mol. The Hall–Kier alpha value is -2.04. The standard InChI is InChI=1S/C16H10Cl2FNO2/c1-8-11-6-9(17)3-5-14(11)22-15(8)16(21)20-13-7-10(18)2-4-12(13)19/h2-7H,1H3,(H,20,21). The molecule has 1 N–H and O–H groups in total. The van der Waals surface area contributed by atoms with Gasteiger partial charge >= 0.3 is 0 Å². The topological polar surface area (TPSA) is 42.2 Å². The Morgan fingerprint density at radius 3 is 2.59 bits per heavy atom. The lowest BCUT2D eigenvalue weighted by Gasteiger charge is -2.05. The van der Waals surface area contributed by atoms with E-state index >= 15 is 0 Å². The molecule has 0 atom stereocenters. The zero-order chi connectivity index (χ0) is 15.9. The SMILES string of the molecule is Cc1c(C(=O)Nc2cc(Cl)ccc2F)oc2ccc(Cl)cc12. The third kappa shape index (κ3) is 2.67. The van der Waals surface area contributed by atoms with E-state index in [1.165, 1.54) is 18.2 Å². The zero-order valence-corrected chi connectivity index (χ0v) is 12.9. The molecule has 3 aromatic rings. The normalized spacial score (nSPS) is 10.9. The van der Waals surface area contributed by atoms with Gasteiger partial charge in [-0.05, 0) is 43.3 Å². The fourth-order valence-corrected chi connectivity index (χ4v) is 2.53. The van der Waals surface area contributed by atoms with Crippen LogP contribution in [0.25, 0.3) is 11.0 Å². The Kier molecular flexibility index (Phi) is 3.81. The van der Waals surface area contributed by atoms with Crippen LogP contribution in [0.15, 0.2) is 40.8 Å². The van der Waals surface area contributed by atoms with Crippen molar-refractivity contribution < 1.29 is 13.6 Å². The molecule has 0 saturated heterocycles. The van der Waals surface area contributed by atoms with Gasteiger partial charge in [-0.1, -0.05) is 23.2 Å². The van der Waals surface area contributed by atoms with Gasteiger partial charge in [-0.25, -0.2) is 4.39 Å². The van der Waals surface area contributed by atoms with E-state index in [1.807, 2.05) is 0 Å². The van der Waals surface area contributed by atoms with E-state index in [-0.39, 0.29) is 11.4 Å². The third-order valence-electron chi connectivity index (χ3n) is 3.28. The van der Waals surface area contributed by atoms with E-state index in [4.69, 9.17) is 27.6 Å². The molecule has 0 radical (unpaired) electrons. The maximum atomic E-state index is 13.7. The molecule has 0 aliphatic carbocycles. The number of carbonyl (C=O) groups is 1. The summed E-state index contributed by atoms with van der Waals surface area (Å²) in [5, 5.41) is 4.07. The molecule has 1 heterocycles. The number of fused-ring (bicyclic) bond motifs is 1. The Morgan fingerprint density at radius 2 is 1.82 bits per heavy atom. The van der Waals surface area contributed by atoms with Crippen molar-refractivity contribution in [2.75, 3.05) is 5.32 Å². The van der Waals surface area contributed by atoms with Gasteiger partial charge in [-0.3, -0.25) is 4.79 Å². The maximum absolute atomic E-state index is 13.7. The van der Waals surface area contributed by atoms with Crippen molar-refractivity contribution in [2.45, 2.75) is 6.92 Å². The van der Waals surface area contributed by atoms with Crippen LogP contribution in [-0.4, -0.2) is 5.91 Å². The molecule has 3 nitrogen and oxygen atoms in total. The van der Waals surface area contributed by atoms with E-state index in [2.05, 4.69) is 5.32 Å². The van der Waals surface area contributed by atoms with E-state index in [9.17, 15) is 9.18 Å². The first kappa shape index (κ1) is 14.9. The van der Waals surface area contributed by atoms with E-state index in [0.29, 0.717) is 21.2 Å². The molecular formula is C16H10Cl2FNO2. The Morgan fingerprint density at radius 1 is 1.14 bits per heavy atom. The van der Waals surface area contributed by atoms with Crippen molar-refractivity contribution in [2.24, 2.45) is 0 Å². The number of hydrogen-bond acceptors (Lipinski definition) is 2. The molecule has 1 amide bonds. The molecule has 1 aromatic heterocycles. The van der Waals surface area contributed by atoms with Gasteiger partial charge in [0, 0.05) is 21.0 Å². The van der Waals surface area contributed by atoms with E-state index in [1.54, 1.807) is 25.1 Å². The van der Waals surface area contributed by atoms with Crippen molar-refractivity contribution in [3.8, 4) is 0 Å². The van der Waals surface area contributed by atoms with Crippen molar-refractivity contribution in [3.63, 3.8) is 0 Å². The lowest BCUT2D eigenvalue weighted by atomic mass is 10.1. The van der Waals surface area contributed by atoms with Crippen LogP contribution in [0.1, 0.15) is 16.1 Å². The van der Waals surface area contributed by atoms with E-state index < -0.39 is 11.7 Å². The van der Waals surface area contributed by atoms with Gasteiger partial charge in [0.15, 0.2) is 5.76 Å². The smallest absolute Gasteiger partial charge is 0.291 e. The fraction of sp³-hybridized carbons (Fsp3) is 0.0625. The number of nitrogens with one attached hydrogen (secondary N) is 1. The molecule has 2 aromatic carbocycles. The van der Waals surface area contributed by atoms with Crippen LogP contribution in [0.5, 0.6) is 0 Å². The number of carbonyl (C=O) groups excluding carboxylic acids is 1. The Bertz CT molecular complexity index is 889. The summed E-state index contributed by atoms with van der Waals surface area (Å²) < 4.78 is 19.2. The second-order valence-electron chi connectivity index (χ2n) is 4.77. The minimum absolute atomic E-state index is 0.00427. The molecule has 6 heteroatoms. The minimum Gasteiger partial charge on any atom is -0.451 e. The molecule has 0 saturated carbocycles. The van der Waals surface area contributed by atoms with Crippen molar-refractivity contribution >= 4 is 45.8 Å². The number of halogens is 3. The molecule has 0 unspecified atom stereocenters. The summed E-state index contributed by atoms with van der Waals surface area (Å²) in [5.74, 6) is -1.02. The first-order valence-electron chi connectivity index (χ1n) is 6.41. The van der Waals surface area contributed by atoms with Crippen LogP contribution < -0.4 is 5.32 Å². The van der Waals surface area contributed by atoms with Gasteiger partial charge in [0.05, 0.1) is 5.69 Å². The average Bonchev–Trinajstić information content (AvgIpc) is 2.80. The number of furan rings is 1. The van der Waals surface area contributed by atoms with Crippen LogP contribution in [0.4, 0.5) is 10.1 Å². The number of amides is 1. The van der Waals surface area contributed by atoms with E-state index in [0.717, 1.165) is 5.39 Å². The highest BCUT2D eigenvalue weighted by atomic mass is 35.5. The third-order valence-corrected chi connectivity index (χ3v) is 3.75. The van der Waals surface area contributed by atoms with Crippen LogP contribution in [0, 0.1) is 12.7 Å². The number of aryl methyl sites for hydroxylation is 1. The second-order valence-corrected chi connectivity index (χ2v) is 5.65. The van der Waals surface area contributed by atoms with Gasteiger partial charge in [0.1, 0.15) is 11.4 Å². The van der Waals surface area contributed by atoms with Crippen LogP contribution in [0.3, 0.4) is 0 Å². The summed E-state index contributed by atoms with van der Waals surface area (Å²) >= 11 is 11.7. The summed E-state index contributed by atoms with van der Waals surface area (Å²) in [4.78, 5) is 12.3. The molecule has 112 valence electrons. The van der Waals surface area contributed by atoms with Gasteiger partial charge < -0.3 is 9.73 Å². The lowest BCUT2D eigenvalue weighted by molar-refractivity contribution is 0.0997. The van der Waals surface area contributed by atoms with Crippen LogP contribution in [0.2, 0.25) is 10.0 Å². The Labute approximate surface area is 135 Å².